The first-order valence-corrected chi connectivity index (χ1v) is 10.6. The van der Waals surface area contributed by atoms with E-state index in [4.69, 9.17) is 0 Å². The zero-order valence-electron chi connectivity index (χ0n) is 18.3. The molecule has 0 fully saturated rings. The number of fused-ring (bicyclic) bond motifs is 2. The number of carbonyl (C=O) groups excluding carboxylic acids is 1. The van der Waals surface area contributed by atoms with Crippen molar-refractivity contribution in [3.8, 4) is 22.8 Å². The number of hydrogen-bond donors (Lipinski definition) is 2. The average Bonchev–Trinajstić information content (AvgIpc) is 3.28. The van der Waals surface area contributed by atoms with E-state index in [1.807, 2.05) is 6.92 Å². The van der Waals surface area contributed by atoms with Crippen molar-refractivity contribution >= 4 is 17.7 Å². The highest BCUT2D eigenvalue weighted by Crippen LogP contribution is 2.49. The second kappa shape index (κ2) is 7.51. The highest BCUT2D eigenvalue weighted by molar-refractivity contribution is 5.99. The quantitative estimate of drug-likeness (QED) is 0.567. The molecule has 0 saturated heterocycles. The van der Waals surface area contributed by atoms with Gasteiger partial charge in [-0.2, -0.15) is 0 Å². The number of rotatable bonds is 4. The Bertz CT molecular complexity index is 1360. The van der Waals surface area contributed by atoms with Gasteiger partial charge in [0.25, 0.3) is 0 Å². The Balaban J connectivity index is 1.44. The number of halogens is 2. The first kappa shape index (κ1) is 21.8. The lowest BCUT2D eigenvalue weighted by molar-refractivity contribution is -0.286. The summed E-state index contributed by atoms with van der Waals surface area (Å²) in [6.45, 7) is 3.59. The molecule has 0 spiro atoms. The molecule has 0 saturated carbocycles. The van der Waals surface area contributed by atoms with Gasteiger partial charge in [0.1, 0.15) is 5.82 Å². The van der Waals surface area contributed by atoms with Crippen molar-refractivity contribution in [3.63, 3.8) is 0 Å². The van der Waals surface area contributed by atoms with Gasteiger partial charge in [-0.05, 0) is 73.7 Å². The fourth-order valence-electron chi connectivity index (χ4n) is 4.46. The van der Waals surface area contributed by atoms with Gasteiger partial charge in [0.2, 0.25) is 5.91 Å². The summed E-state index contributed by atoms with van der Waals surface area (Å²) in [4.78, 5) is 29.2. The number of carbonyl (C=O) groups is 2. The second-order valence-corrected chi connectivity index (χ2v) is 8.66. The third kappa shape index (κ3) is 3.63. The summed E-state index contributed by atoms with van der Waals surface area (Å²) in [6.07, 6.45) is -2.72. The van der Waals surface area contributed by atoms with Crippen molar-refractivity contribution in [3.05, 3.63) is 70.8 Å². The number of benzene rings is 2. The maximum Gasteiger partial charge on any atom is 0.586 e. The molecule has 1 aliphatic carbocycles. The van der Waals surface area contributed by atoms with Crippen LogP contribution in [0.3, 0.4) is 0 Å². The molecule has 2 heterocycles. The van der Waals surface area contributed by atoms with Crippen LogP contribution in [0.2, 0.25) is 0 Å². The zero-order valence-corrected chi connectivity index (χ0v) is 18.3. The van der Waals surface area contributed by atoms with Gasteiger partial charge in [0, 0.05) is 5.56 Å². The molecule has 3 aromatic rings. The zero-order chi connectivity index (χ0) is 24.3. The predicted molar refractivity (Wildman–Crippen MR) is 118 cm³/mol. The summed E-state index contributed by atoms with van der Waals surface area (Å²) >= 11 is 0. The van der Waals surface area contributed by atoms with E-state index in [9.17, 15) is 23.5 Å². The third-order valence-corrected chi connectivity index (χ3v) is 6.34. The summed E-state index contributed by atoms with van der Waals surface area (Å²) in [5, 5.41) is 12.1. The van der Waals surface area contributed by atoms with Gasteiger partial charge in [-0.1, -0.05) is 18.2 Å². The van der Waals surface area contributed by atoms with Crippen LogP contribution in [0, 0.1) is 6.92 Å². The molecule has 2 N–H and O–H groups in total. The lowest BCUT2D eigenvalue weighted by atomic mass is 9.83. The van der Waals surface area contributed by atoms with Crippen LogP contribution < -0.4 is 14.8 Å². The first-order valence-electron chi connectivity index (χ1n) is 10.6. The summed E-state index contributed by atoms with van der Waals surface area (Å²) in [7, 11) is 0. The van der Waals surface area contributed by atoms with Gasteiger partial charge in [-0.15, -0.1) is 8.78 Å². The van der Waals surface area contributed by atoms with Crippen LogP contribution >= 0.6 is 0 Å². The molecule has 2 aliphatic rings. The summed E-state index contributed by atoms with van der Waals surface area (Å²) < 4.78 is 36.1. The highest BCUT2D eigenvalue weighted by Gasteiger charge is 2.47. The molecular weight excluding hydrogens is 446 g/mol. The van der Waals surface area contributed by atoms with Crippen LogP contribution in [-0.2, 0) is 16.6 Å². The van der Waals surface area contributed by atoms with Crippen molar-refractivity contribution in [2.45, 2.75) is 38.4 Å². The van der Waals surface area contributed by atoms with Crippen molar-refractivity contribution in [2.75, 3.05) is 5.32 Å². The normalized spacial score (nSPS) is 19.5. The number of nitrogens with one attached hydrogen (secondary N) is 1. The minimum atomic E-state index is -3.73. The maximum atomic E-state index is 13.5. The molecular formula is C25H20F2N2O5. The van der Waals surface area contributed by atoms with Crippen LogP contribution in [0.5, 0.6) is 11.5 Å². The standard InChI is InChI=1S/C25H20F2N2O5/c1-13-6-7-20(28-21(13)15-4-3-5-16(10-15)22(30)31)29-23(32)24(2)9-8-14-11-18-19(12-17(14)24)34-25(26,27)33-18/h3-7,10-12H,8-9H2,1-2H3,(H,30,31)(H,28,29,32). The van der Waals surface area contributed by atoms with Gasteiger partial charge in [0.15, 0.2) is 11.5 Å². The SMILES string of the molecule is Cc1ccc(NC(=O)C2(C)CCc3cc4c(cc32)OC(F)(F)O4)nc1-c1cccc(C(=O)O)c1. The van der Waals surface area contributed by atoms with Gasteiger partial charge in [0.05, 0.1) is 16.7 Å². The number of aryl methyl sites for hydroxylation is 2. The van der Waals surface area contributed by atoms with Crippen molar-refractivity contribution < 1.29 is 33.0 Å². The molecule has 34 heavy (non-hydrogen) atoms. The van der Waals surface area contributed by atoms with E-state index in [0.717, 1.165) is 11.1 Å². The molecule has 9 heteroatoms. The van der Waals surface area contributed by atoms with Crippen LogP contribution in [0.15, 0.2) is 48.5 Å². The van der Waals surface area contributed by atoms with Crippen LogP contribution in [0.4, 0.5) is 14.6 Å². The summed E-state index contributed by atoms with van der Waals surface area (Å²) in [6, 6.07) is 12.8. The molecule has 1 atom stereocenters. The van der Waals surface area contributed by atoms with Crippen LogP contribution in [0.25, 0.3) is 11.3 Å². The molecule has 7 nitrogen and oxygen atoms in total. The van der Waals surface area contributed by atoms with Crippen molar-refractivity contribution in [1.29, 1.82) is 0 Å². The second-order valence-electron chi connectivity index (χ2n) is 8.66. The van der Waals surface area contributed by atoms with Gasteiger partial charge in [-0.25, -0.2) is 9.78 Å². The van der Waals surface area contributed by atoms with Crippen molar-refractivity contribution in [1.82, 2.24) is 4.98 Å². The fraction of sp³-hybridized carbons (Fsp3) is 0.240. The minimum Gasteiger partial charge on any atom is -0.478 e. The Labute approximate surface area is 193 Å². The number of amides is 1. The summed E-state index contributed by atoms with van der Waals surface area (Å²) in [5.74, 6) is -1.22. The van der Waals surface area contributed by atoms with E-state index in [0.29, 0.717) is 35.5 Å². The number of nitrogens with zero attached hydrogens (tertiary/aromatic N) is 1. The Morgan fingerprint density at radius 1 is 1.09 bits per heavy atom. The Kier molecular flexibility index (Phi) is 4.82. The molecule has 2 aromatic carbocycles. The number of alkyl halides is 2. The van der Waals surface area contributed by atoms with E-state index in [2.05, 4.69) is 19.8 Å². The molecule has 1 aromatic heterocycles. The number of hydrogen-bond acceptors (Lipinski definition) is 5. The lowest BCUT2D eigenvalue weighted by Gasteiger charge is -2.24. The average molecular weight is 466 g/mol. The molecule has 1 aliphatic heterocycles. The molecule has 174 valence electrons. The Morgan fingerprint density at radius 3 is 2.56 bits per heavy atom. The highest BCUT2D eigenvalue weighted by atomic mass is 19.3. The van der Waals surface area contributed by atoms with E-state index < -0.39 is 17.7 Å². The molecule has 0 radical (unpaired) electrons. The number of pyridine rings is 1. The van der Waals surface area contributed by atoms with Crippen molar-refractivity contribution in [2.24, 2.45) is 0 Å². The topological polar surface area (TPSA) is 97.8 Å². The molecule has 1 unspecified atom stereocenters. The lowest BCUT2D eigenvalue weighted by Crippen LogP contribution is -2.36. The summed E-state index contributed by atoms with van der Waals surface area (Å²) in [5.41, 5.74) is 2.47. The van der Waals surface area contributed by atoms with Crippen LogP contribution in [-0.4, -0.2) is 28.3 Å². The minimum absolute atomic E-state index is 0.0400. The van der Waals surface area contributed by atoms with E-state index in [-0.39, 0.29) is 23.0 Å². The van der Waals surface area contributed by atoms with E-state index in [1.54, 1.807) is 31.2 Å². The number of carboxylic acids is 1. The van der Waals surface area contributed by atoms with Crippen LogP contribution in [0.1, 0.15) is 40.4 Å². The van der Waals surface area contributed by atoms with Gasteiger partial charge in [-0.3, -0.25) is 4.79 Å². The Hall–Kier alpha value is -4.01. The van der Waals surface area contributed by atoms with Gasteiger partial charge >= 0.3 is 12.3 Å². The number of ether oxygens (including phenoxy) is 2. The maximum absolute atomic E-state index is 13.5. The fourth-order valence-corrected chi connectivity index (χ4v) is 4.46. The number of carboxylic acid groups (broad SMARTS) is 1. The van der Waals surface area contributed by atoms with Gasteiger partial charge < -0.3 is 19.9 Å². The third-order valence-electron chi connectivity index (χ3n) is 6.34. The predicted octanol–water partition coefficient (Wildman–Crippen LogP) is 4.92. The van der Waals surface area contributed by atoms with E-state index >= 15 is 0 Å². The first-order chi connectivity index (χ1) is 16.1. The smallest absolute Gasteiger partial charge is 0.478 e. The molecule has 0 bridgehead atoms. The molecule has 1 amide bonds. The Morgan fingerprint density at radius 2 is 1.82 bits per heavy atom. The number of aromatic carboxylic acids is 1. The number of aromatic nitrogens is 1. The monoisotopic (exact) mass is 466 g/mol. The van der Waals surface area contributed by atoms with E-state index in [1.165, 1.54) is 24.3 Å². The number of anilines is 1. The molecule has 5 rings (SSSR count). The largest absolute Gasteiger partial charge is 0.586 e.